The molecule has 1 aromatic rings. The number of ether oxygens (including phenoxy) is 1. The van der Waals surface area contributed by atoms with Crippen LogP contribution in [0.15, 0.2) is 18.2 Å². The summed E-state index contributed by atoms with van der Waals surface area (Å²) in [6, 6.07) is 6.62. The Hall–Kier alpha value is -1.51. The van der Waals surface area contributed by atoms with Crippen LogP contribution < -0.4 is 4.74 Å². The highest BCUT2D eigenvalue weighted by molar-refractivity contribution is 5.76. The van der Waals surface area contributed by atoms with Crippen molar-refractivity contribution in [3.05, 3.63) is 29.3 Å². The number of hydrogen-bond donors (Lipinski definition) is 0. The van der Waals surface area contributed by atoms with E-state index in [9.17, 15) is 4.79 Å². The smallest absolute Gasteiger partial charge is 0.223 e. The Balaban J connectivity index is 2.45. The molecule has 21 heavy (non-hydrogen) atoms. The average molecular weight is 291 g/mol. The lowest BCUT2D eigenvalue weighted by molar-refractivity contribution is -0.135. The number of rotatable bonds is 7. The molecular formula is C18H29NO2. The number of benzene rings is 1. The highest BCUT2D eigenvalue weighted by Gasteiger charge is 2.19. The summed E-state index contributed by atoms with van der Waals surface area (Å²) in [4.78, 5) is 14.2. The minimum atomic E-state index is 0.213. The van der Waals surface area contributed by atoms with Crippen LogP contribution in [0.1, 0.15) is 51.7 Å². The van der Waals surface area contributed by atoms with E-state index in [0.29, 0.717) is 13.0 Å². The first-order chi connectivity index (χ1) is 9.84. The zero-order valence-corrected chi connectivity index (χ0v) is 14.3. The normalized spacial score (nSPS) is 11.0. The molecule has 1 rings (SSSR count). The van der Waals surface area contributed by atoms with Gasteiger partial charge in [-0.2, -0.15) is 0 Å². The highest BCUT2D eigenvalue weighted by atomic mass is 16.5. The van der Waals surface area contributed by atoms with Crippen molar-refractivity contribution in [2.75, 3.05) is 6.61 Å². The quantitative estimate of drug-likeness (QED) is 0.708. The molecule has 0 aliphatic carbocycles. The van der Waals surface area contributed by atoms with E-state index in [4.69, 9.17) is 4.74 Å². The number of aryl methyl sites for hydroxylation is 2. The first kappa shape index (κ1) is 17.5. The SMILES string of the molecule is Cc1cccc(C)c1OCCCC(=O)N(C(C)C)C(C)C. The van der Waals surface area contributed by atoms with Crippen LogP contribution in [0, 0.1) is 13.8 Å². The van der Waals surface area contributed by atoms with Gasteiger partial charge in [-0.3, -0.25) is 4.79 Å². The molecule has 1 amide bonds. The van der Waals surface area contributed by atoms with Crippen molar-refractivity contribution in [2.45, 2.75) is 66.5 Å². The van der Waals surface area contributed by atoms with Gasteiger partial charge in [-0.25, -0.2) is 0 Å². The predicted molar refractivity (Wildman–Crippen MR) is 87.8 cm³/mol. The second kappa shape index (κ2) is 8.06. The zero-order valence-electron chi connectivity index (χ0n) is 14.3. The lowest BCUT2D eigenvalue weighted by Crippen LogP contribution is -2.42. The van der Waals surface area contributed by atoms with E-state index < -0.39 is 0 Å². The molecule has 118 valence electrons. The molecule has 3 nitrogen and oxygen atoms in total. The van der Waals surface area contributed by atoms with Gasteiger partial charge >= 0.3 is 0 Å². The molecule has 0 fully saturated rings. The van der Waals surface area contributed by atoms with Crippen LogP contribution in [0.25, 0.3) is 0 Å². The van der Waals surface area contributed by atoms with Crippen LogP contribution >= 0.6 is 0 Å². The van der Waals surface area contributed by atoms with Gasteiger partial charge in [0.25, 0.3) is 0 Å². The largest absolute Gasteiger partial charge is 0.493 e. The Morgan fingerprint density at radius 2 is 1.62 bits per heavy atom. The van der Waals surface area contributed by atoms with E-state index in [2.05, 4.69) is 27.7 Å². The van der Waals surface area contributed by atoms with Gasteiger partial charge in [0.15, 0.2) is 0 Å². The lowest BCUT2D eigenvalue weighted by atomic mass is 10.1. The van der Waals surface area contributed by atoms with E-state index in [1.165, 1.54) is 0 Å². The van der Waals surface area contributed by atoms with Gasteiger partial charge in [-0.1, -0.05) is 18.2 Å². The molecule has 0 aromatic heterocycles. The fourth-order valence-corrected chi connectivity index (χ4v) is 2.73. The summed E-state index contributed by atoms with van der Waals surface area (Å²) >= 11 is 0. The summed E-state index contributed by atoms with van der Waals surface area (Å²) in [5.41, 5.74) is 2.29. The van der Waals surface area contributed by atoms with E-state index in [1.807, 2.05) is 36.9 Å². The van der Waals surface area contributed by atoms with Crippen LogP contribution in [-0.2, 0) is 4.79 Å². The third kappa shape index (κ3) is 5.07. The molecule has 0 unspecified atom stereocenters. The Kier molecular flexibility index (Phi) is 6.73. The maximum atomic E-state index is 12.2. The summed E-state index contributed by atoms with van der Waals surface area (Å²) < 4.78 is 5.85. The minimum Gasteiger partial charge on any atom is -0.493 e. The lowest BCUT2D eigenvalue weighted by Gasteiger charge is -2.30. The van der Waals surface area contributed by atoms with Gasteiger partial charge in [0.05, 0.1) is 6.61 Å². The van der Waals surface area contributed by atoms with Gasteiger partial charge in [0.2, 0.25) is 5.91 Å². The average Bonchev–Trinajstić information content (AvgIpc) is 2.36. The molecule has 0 bridgehead atoms. The molecule has 0 aliphatic heterocycles. The van der Waals surface area contributed by atoms with Crippen molar-refractivity contribution in [3.63, 3.8) is 0 Å². The Morgan fingerprint density at radius 1 is 1.10 bits per heavy atom. The molecule has 3 heteroatoms. The van der Waals surface area contributed by atoms with E-state index in [1.54, 1.807) is 0 Å². The van der Waals surface area contributed by atoms with Crippen LogP contribution in [-0.4, -0.2) is 29.5 Å². The predicted octanol–water partition coefficient (Wildman–Crippen LogP) is 4.11. The molecule has 1 aromatic carbocycles. The van der Waals surface area contributed by atoms with Crippen molar-refractivity contribution >= 4 is 5.91 Å². The maximum Gasteiger partial charge on any atom is 0.223 e. The Morgan fingerprint density at radius 3 is 2.10 bits per heavy atom. The number of nitrogens with zero attached hydrogens (tertiary/aromatic N) is 1. The van der Waals surface area contributed by atoms with Crippen LogP contribution in [0.2, 0.25) is 0 Å². The fourth-order valence-electron chi connectivity index (χ4n) is 2.73. The van der Waals surface area contributed by atoms with Crippen molar-refractivity contribution in [1.82, 2.24) is 4.90 Å². The third-order valence-electron chi connectivity index (χ3n) is 3.59. The van der Waals surface area contributed by atoms with Gasteiger partial charge in [0, 0.05) is 18.5 Å². The van der Waals surface area contributed by atoms with E-state index in [-0.39, 0.29) is 18.0 Å². The topological polar surface area (TPSA) is 29.5 Å². The van der Waals surface area contributed by atoms with Crippen LogP contribution in [0.4, 0.5) is 0 Å². The van der Waals surface area contributed by atoms with Crippen molar-refractivity contribution in [1.29, 1.82) is 0 Å². The standard InChI is InChI=1S/C18H29NO2/c1-13(2)19(14(3)4)17(20)11-8-12-21-18-15(5)9-7-10-16(18)6/h7,9-10,13-14H,8,11-12H2,1-6H3. The van der Waals surface area contributed by atoms with Crippen molar-refractivity contribution < 1.29 is 9.53 Å². The Bertz CT molecular complexity index is 438. The number of carbonyl (C=O) groups is 1. The van der Waals surface area contributed by atoms with Gasteiger partial charge in [0.1, 0.15) is 5.75 Å². The molecule has 0 atom stereocenters. The molecule has 0 spiro atoms. The fraction of sp³-hybridized carbons (Fsp3) is 0.611. The number of amides is 1. The second-order valence-corrected chi connectivity index (χ2v) is 6.16. The van der Waals surface area contributed by atoms with E-state index in [0.717, 1.165) is 23.3 Å². The summed E-state index contributed by atoms with van der Waals surface area (Å²) in [6.07, 6.45) is 1.30. The van der Waals surface area contributed by atoms with Gasteiger partial charge in [-0.05, 0) is 59.1 Å². The molecule has 0 N–H and O–H groups in total. The van der Waals surface area contributed by atoms with Crippen molar-refractivity contribution in [2.24, 2.45) is 0 Å². The second-order valence-electron chi connectivity index (χ2n) is 6.16. The minimum absolute atomic E-state index is 0.213. The molecule has 0 saturated heterocycles. The van der Waals surface area contributed by atoms with E-state index >= 15 is 0 Å². The molecule has 0 aliphatic rings. The summed E-state index contributed by atoms with van der Waals surface area (Å²) in [5, 5.41) is 0. The van der Waals surface area contributed by atoms with Gasteiger partial charge < -0.3 is 9.64 Å². The monoisotopic (exact) mass is 291 g/mol. The summed E-state index contributed by atoms with van der Waals surface area (Å²) in [5.74, 6) is 1.17. The first-order valence-electron chi connectivity index (χ1n) is 7.84. The van der Waals surface area contributed by atoms with Gasteiger partial charge in [-0.15, -0.1) is 0 Å². The first-order valence-corrected chi connectivity index (χ1v) is 7.84. The maximum absolute atomic E-state index is 12.2. The van der Waals surface area contributed by atoms with Crippen molar-refractivity contribution in [3.8, 4) is 5.75 Å². The number of para-hydroxylation sites is 1. The van der Waals surface area contributed by atoms with Crippen LogP contribution in [0.5, 0.6) is 5.75 Å². The third-order valence-corrected chi connectivity index (χ3v) is 3.59. The molecule has 0 saturated carbocycles. The molecule has 0 radical (unpaired) electrons. The molecule has 0 heterocycles. The Labute approximate surface area is 129 Å². The summed E-state index contributed by atoms with van der Waals surface area (Å²) in [7, 11) is 0. The van der Waals surface area contributed by atoms with Crippen LogP contribution in [0.3, 0.4) is 0 Å². The number of hydrogen-bond acceptors (Lipinski definition) is 2. The highest BCUT2D eigenvalue weighted by Crippen LogP contribution is 2.22. The number of carbonyl (C=O) groups excluding carboxylic acids is 1. The summed E-state index contributed by atoms with van der Waals surface area (Å²) in [6.45, 7) is 12.9. The molecular weight excluding hydrogens is 262 g/mol. The zero-order chi connectivity index (χ0) is 16.0.